The number of nitrogens with two attached hydrogens (primary N) is 1. The number of carbonyl (C=O) groups is 2. The van der Waals surface area contributed by atoms with Gasteiger partial charge in [0.05, 0.1) is 13.2 Å². The predicted molar refractivity (Wildman–Crippen MR) is 41.6 cm³/mol. The van der Waals surface area contributed by atoms with Gasteiger partial charge in [-0.05, 0) is 0 Å². The van der Waals surface area contributed by atoms with E-state index in [9.17, 15) is 9.59 Å². The largest absolute Gasteiger partial charge is 0.466 e. The summed E-state index contributed by atoms with van der Waals surface area (Å²) in [6, 6.07) is 1.59. The van der Waals surface area contributed by atoms with Crippen molar-refractivity contribution in [2.45, 2.75) is 6.42 Å². The molecular weight excluding hydrogens is 160 g/mol. The molecule has 0 saturated heterocycles. The van der Waals surface area contributed by atoms with Crippen LogP contribution in [0.1, 0.15) is 6.42 Å². The van der Waals surface area contributed by atoms with Gasteiger partial charge in [-0.2, -0.15) is 5.26 Å². The molecular formula is C7H10N2O3. The van der Waals surface area contributed by atoms with Gasteiger partial charge in [0.15, 0.2) is 0 Å². The first-order chi connectivity index (χ1) is 5.58. The normalized spacial score (nSPS) is 6.67. The Balaban J connectivity index is 0. The van der Waals surface area contributed by atoms with Gasteiger partial charge in [0.1, 0.15) is 6.42 Å². The number of amides is 1. The maximum atomic E-state index is 9.84. The molecule has 0 bridgehead atoms. The Kier molecular flexibility index (Phi) is 9.79. The second-order valence-corrected chi connectivity index (χ2v) is 1.53. The zero-order valence-corrected chi connectivity index (χ0v) is 6.74. The number of hydrogen-bond donors (Lipinski definition) is 1. The van der Waals surface area contributed by atoms with Gasteiger partial charge in [0.2, 0.25) is 5.91 Å². The number of primary amides is 1. The van der Waals surface area contributed by atoms with Crippen LogP contribution in [0.2, 0.25) is 0 Å². The van der Waals surface area contributed by atoms with E-state index in [4.69, 9.17) is 5.26 Å². The van der Waals surface area contributed by atoms with E-state index < -0.39 is 11.9 Å². The van der Waals surface area contributed by atoms with Crippen LogP contribution in [0.4, 0.5) is 0 Å². The molecule has 0 unspecified atom stereocenters. The van der Waals surface area contributed by atoms with E-state index in [-0.39, 0.29) is 6.42 Å². The lowest BCUT2D eigenvalue weighted by molar-refractivity contribution is -0.134. The van der Waals surface area contributed by atoms with Crippen LogP contribution >= 0.6 is 0 Å². The summed E-state index contributed by atoms with van der Waals surface area (Å²) in [7, 11) is 1.31. The van der Waals surface area contributed by atoms with Crippen molar-refractivity contribution in [1.29, 1.82) is 5.26 Å². The van der Waals surface area contributed by atoms with Crippen LogP contribution < -0.4 is 5.73 Å². The van der Waals surface area contributed by atoms with Gasteiger partial charge in [-0.1, -0.05) is 6.58 Å². The molecule has 0 radical (unpaired) electrons. The van der Waals surface area contributed by atoms with E-state index in [0.29, 0.717) is 0 Å². The molecule has 0 fully saturated rings. The van der Waals surface area contributed by atoms with E-state index in [1.54, 1.807) is 6.07 Å². The lowest BCUT2D eigenvalue weighted by Gasteiger charge is -1.83. The molecule has 12 heavy (non-hydrogen) atoms. The van der Waals surface area contributed by atoms with Crippen LogP contribution in [0, 0.1) is 11.3 Å². The van der Waals surface area contributed by atoms with E-state index in [0.717, 1.165) is 6.08 Å². The van der Waals surface area contributed by atoms with Crippen molar-refractivity contribution in [2.24, 2.45) is 5.73 Å². The van der Waals surface area contributed by atoms with Crippen LogP contribution in [-0.2, 0) is 14.3 Å². The highest BCUT2D eigenvalue weighted by atomic mass is 16.5. The SMILES string of the molecule is C=CC(=O)OC.N#CCC(N)=O. The first kappa shape index (κ1) is 12.8. The Hall–Kier alpha value is -1.83. The number of rotatable bonds is 2. The monoisotopic (exact) mass is 170 g/mol. The first-order valence-corrected chi connectivity index (χ1v) is 2.94. The fraction of sp³-hybridized carbons (Fsp3) is 0.286. The second kappa shape index (κ2) is 9.17. The smallest absolute Gasteiger partial charge is 0.329 e. The first-order valence-electron chi connectivity index (χ1n) is 2.94. The molecule has 0 spiro atoms. The number of nitrogens with zero attached hydrogens (tertiary/aromatic N) is 1. The van der Waals surface area contributed by atoms with Crippen molar-refractivity contribution in [2.75, 3.05) is 7.11 Å². The van der Waals surface area contributed by atoms with Crippen molar-refractivity contribution in [3.05, 3.63) is 12.7 Å². The fourth-order valence-corrected chi connectivity index (χ4v) is 0.161. The summed E-state index contributed by atoms with van der Waals surface area (Å²) in [5, 5.41) is 7.69. The Labute approximate surface area is 70.4 Å². The molecule has 0 saturated carbocycles. The molecule has 0 atom stereocenters. The summed E-state index contributed by atoms with van der Waals surface area (Å²) in [4.78, 5) is 19.4. The van der Waals surface area contributed by atoms with Gasteiger partial charge in [0.25, 0.3) is 0 Å². The maximum Gasteiger partial charge on any atom is 0.329 e. The van der Waals surface area contributed by atoms with Gasteiger partial charge >= 0.3 is 5.97 Å². The highest BCUT2D eigenvalue weighted by Crippen LogP contribution is 1.67. The second-order valence-electron chi connectivity index (χ2n) is 1.53. The summed E-state index contributed by atoms with van der Waals surface area (Å²) >= 11 is 0. The van der Waals surface area contributed by atoms with Gasteiger partial charge in [-0.15, -0.1) is 0 Å². The molecule has 66 valence electrons. The minimum absolute atomic E-state index is 0.181. The Morgan fingerprint density at radius 1 is 1.75 bits per heavy atom. The Morgan fingerprint density at radius 3 is 2.25 bits per heavy atom. The quantitative estimate of drug-likeness (QED) is 0.456. The molecule has 0 aromatic rings. The number of ether oxygens (including phenoxy) is 1. The predicted octanol–water partition coefficient (Wildman–Crippen LogP) is -0.269. The zero-order chi connectivity index (χ0) is 9.98. The van der Waals surface area contributed by atoms with Gasteiger partial charge in [-0.3, -0.25) is 4.79 Å². The highest BCUT2D eigenvalue weighted by Gasteiger charge is 1.84. The maximum absolute atomic E-state index is 9.84. The minimum atomic E-state index is -0.572. The standard InChI is InChI=1S/C4H6O2.C3H4N2O/c1-3-4(5)6-2;4-2-1-3(5)6/h3H,1H2,2H3;1H2,(H2,5,6). The van der Waals surface area contributed by atoms with Crippen molar-refractivity contribution in [3.63, 3.8) is 0 Å². The van der Waals surface area contributed by atoms with Crippen LogP contribution in [0.5, 0.6) is 0 Å². The molecule has 5 nitrogen and oxygen atoms in total. The summed E-state index contributed by atoms with van der Waals surface area (Å²) in [5.74, 6) is -0.965. The highest BCUT2D eigenvalue weighted by molar-refractivity contribution is 5.80. The lowest BCUT2D eigenvalue weighted by atomic mass is 10.5. The van der Waals surface area contributed by atoms with Crippen molar-refractivity contribution >= 4 is 11.9 Å². The number of nitriles is 1. The van der Waals surface area contributed by atoms with Crippen molar-refractivity contribution in [1.82, 2.24) is 0 Å². The number of esters is 1. The molecule has 0 aliphatic rings. The molecule has 0 aromatic heterocycles. The van der Waals surface area contributed by atoms with Gasteiger partial charge in [0, 0.05) is 6.08 Å². The van der Waals surface area contributed by atoms with Crippen molar-refractivity contribution in [3.8, 4) is 6.07 Å². The minimum Gasteiger partial charge on any atom is -0.466 e. The summed E-state index contributed by atoms with van der Waals surface area (Å²) in [5.41, 5.74) is 4.54. The number of carbonyl (C=O) groups excluding carboxylic acids is 2. The van der Waals surface area contributed by atoms with Crippen LogP contribution in [0.25, 0.3) is 0 Å². The van der Waals surface area contributed by atoms with Crippen LogP contribution in [-0.4, -0.2) is 19.0 Å². The third kappa shape index (κ3) is 15.7. The molecule has 2 N–H and O–H groups in total. The Morgan fingerprint density at radius 2 is 2.25 bits per heavy atom. The molecule has 0 heterocycles. The van der Waals surface area contributed by atoms with Crippen molar-refractivity contribution < 1.29 is 14.3 Å². The van der Waals surface area contributed by atoms with E-state index in [2.05, 4.69) is 17.0 Å². The van der Waals surface area contributed by atoms with E-state index >= 15 is 0 Å². The summed E-state index contributed by atoms with van der Waals surface area (Å²) in [6.45, 7) is 3.16. The van der Waals surface area contributed by atoms with Crippen LogP contribution in [0.3, 0.4) is 0 Å². The average Bonchev–Trinajstić information content (AvgIpc) is 2.04. The third-order valence-electron chi connectivity index (χ3n) is 0.621. The average molecular weight is 170 g/mol. The third-order valence-corrected chi connectivity index (χ3v) is 0.621. The molecule has 0 rings (SSSR count). The molecule has 1 amide bonds. The molecule has 0 aliphatic heterocycles. The van der Waals surface area contributed by atoms with E-state index in [1.165, 1.54) is 7.11 Å². The summed E-state index contributed by atoms with van der Waals surface area (Å²) < 4.78 is 4.14. The van der Waals surface area contributed by atoms with E-state index in [1.807, 2.05) is 0 Å². The zero-order valence-electron chi connectivity index (χ0n) is 6.74. The number of hydrogen-bond acceptors (Lipinski definition) is 4. The molecule has 0 aliphatic carbocycles. The topological polar surface area (TPSA) is 93.2 Å². The fourth-order valence-electron chi connectivity index (χ4n) is 0.161. The Bertz CT molecular complexity index is 205. The van der Waals surface area contributed by atoms with Gasteiger partial charge in [-0.25, -0.2) is 4.79 Å². The number of methoxy groups -OCH3 is 1. The molecule has 5 heteroatoms. The molecule has 0 aromatic carbocycles. The lowest BCUT2D eigenvalue weighted by Crippen LogP contribution is -2.07. The summed E-state index contributed by atoms with van der Waals surface area (Å²) in [6.07, 6.45) is 0.931. The van der Waals surface area contributed by atoms with Gasteiger partial charge < -0.3 is 10.5 Å². The van der Waals surface area contributed by atoms with Crippen LogP contribution in [0.15, 0.2) is 12.7 Å².